The zero-order valence-electron chi connectivity index (χ0n) is 11.2. The van der Waals surface area contributed by atoms with Crippen molar-refractivity contribution >= 4 is 21.6 Å². The van der Waals surface area contributed by atoms with Gasteiger partial charge in [-0.15, -0.1) is 0 Å². The van der Waals surface area contributed by atoms with Crippen molar-refractivity contribution in [3.8, 4) is 5.75 Å². The van der Waals surface area contributed by atoms with Crippen LogP contribution in [0.1, 0.15) is 6.92 Å². The highest BCUT2D eigenvalue weighted by Gasteiger charge is 2.14. The third kappa shape index (κ3) is 4.44. The fourth-order valence-corrected chi connectivity index (χ4v) is 2.51. The molecule has 0 aliphatic rings. The minimum absolute atomic E-state index is 0.0700. The molecular weight excluding hydrogens is 268 g/mol. The second kappa shape index (κ2) is 6.42. The summed E-state index contributed by atoms with van der Waals surface area (Å²) in [4.78, 5) is 11.0. The van der Waals surface area contributed by atoms with Crippen LogP contribution in [0.2, 0.25) is 0 Å². The summed E-state index contributed by atoms with van der Waals surface area (Å²) in [5, 5.41) is 2.44. The lowest BCUT2D eigenvalue weighted by molar-refractivity contribution is -0.122. The molecule has 0 unspecified atom stereocenters. The summed E-state index contributed by atoms with van der Waals surface area (Å²) in [7, 11) is -1.75. The highest BCUT2D eigenvalue weighted by atomic mass is 32.2. The number of carbonyl (C=O) groups excluding carboxylic acids is 1. The summed E-state index contributed by atoms with van der Waals surface area (Å²) < 4.78 is 29.6. The molecule has 0 heterocycles. The highest BCUT2D eigenvalue weighted by Crippen LogP contribution is 2.21. The van der Waals surface area contributed by atoms with E-state index in [0.29, 0.717) is 18.0 Å². The zero-order chi connectivity index (χ0) is 14.5. The third-order valence-corrected chi connectivity index (χ3v) is 3.73. The summed E-state index contributed by atoms with van der Waals surface area (Å²) in [5.41, 5.74) is 0.567. The lowest BCUT2D eigenvalue weighted by Gasteiger charge is -2.20. The van der Waals surface area contributed by atoms with E-state index in [1.54, 1.807) is 31.2 Å². The molecule has 0 aliphatic heterocycles. The van der Waals surface area contributed by atoms with E-state index in [2.05, 4.69) is 5.32 Å². The van der Waals surface area contributed by atoms with Crippen molar-refractivity contribution in [3.63, 3.8) is 0 Å². The average molecular weight is 286 g/mol. The molecule has 0 fully saturated rings. The Hall–Kier alpha value is -1.76. The number of rotatable bonds is 6. The van der Waals surface area contributed by atoms with Crippen molar-refractivity contribution in [2.24, 2.45) is 0 Å². The Balaban J connectivity index is 2.78. The molecule has 0 saturated heterocycles. The monoisotopic (exact) mass is 286 g/mol. The number of hydrogen-bond acceptors (Lipinski definition) is 4. The largest absolute Gasteiger partial charge is 0.484 e. The van der Waals surface area contributed by atoms with Crippen LogP contribution in [0.15, 0.2) is 24.3 Å². The summed E-state index contributed by atoms with van der Waals surface area (Å²) in [5.74, 6) is 0.285. The van der Waals surface area contributed by atoms with Gasteiger partial charge in [-0.05, 0) is 31.2 Å². The molecule has 0 atom stereocenters. The van der Waals surface area contributed by atoms with Crippen LogP contribution in [-0.4, -0.2) is 40.8 Å². The molecule has 0 aliphatic carbocycles. The quantitative estimate of drug-likeness (QED) is 0.831. The first kappa shape index (κ1) is 15.3. The lowest BCUT2D eigenvalue weighted by Crippen LogP contribution is -2.29. The van der Waals surface area contributed by atoms with E-state index in [-0.39, 0.29) is 12.5 Å². The van der Waals surface area contributed by atoms with Crippen molar-refractivity contribution in [3.05, 3.63) is 24.3 Å². The van der Waals surface area contributed by atoms with Gasteiger partial charge in [0.1, 0.15) is 5.75 Å². The molecule has 1 amide bonds. The normalized spacial score (nSPS) is 10.9. The maximum atomic E-state index is 11.5. The van der Waals surface area contributed by atoms with Gasteiger partial charge in [-0.2, -0.15) is 0 Å². The maximum absolute atomic E-state index is 11.5. The molecule has 6 nitrogen and oxygen atoms in total. The van der Waals surface area contributed by atoms with Gasteiger partial charge in [0.25, 0.3) is 5.91 Å². The predicted molar refractivity (Wildman–Crippen MR) is 73.9 cm³/mol. The summed E-state index contributed by atoms with van der Waals surface area (Å²) in [6.07, 6.45) is 1.16. The second-order valence-electron chi connectivity index (χ2n) is 3.88. The van der Waals surface area contributed by atoms with E-state index in [9.17, 15) is 13.2 Å². The van der Waals surface area contributed by atoms with Crippen LogP contribution in [0, 0.1) is 0 Å². The van der Waals surface area contributed by atoms with Crippen molar-refractivity contribution in [1.82, 2.24) is 5.32 Å². The molecule has 1 N–H and O–H groups in total. The lowest BCUT2D eigenvalue weighted by atomic mass is 10.3. The Morgan fingerprint density at radius 1 is 1.32 bits per heavy atom. The number of carbonyl (C=O) groups is 1. The van der Waals surface area contributed by atoms with Gasteiger partial charge in [0, 0.05) is 13.6 Å². The zero-order valence-corrected chi connectivity index (χ0v) is 12.0. The van der Waals surface area contributed by atoms with E-state index in [0.717, 1.165) is 6.26 Å². The molecule has 0 radical (unpaired) electrons. The predicted octanol–water partition coefficient (Wildman–Crippen LogP) is 0.597. The van der Waals surface area contributed by atoms with Crippen LogP contribution in [0.25, 0.3) is 0 Å². The molecule has 1 rings (SSSR count). The fraction of sp³-hybridized carbons (Fsp3) is 0.417. The van der Waals surface area contributed by atoms with E-state index in [1.807, 2.05) is 0 Å². The van der Waals surface area contributed by atoms with Gasteiger partial charge in [-0.3, -0.25) is 9.10 Å². The first-order chi connectivity index (χ1) is 8.88. The smallest absolute Gasteiger partial charge is 0.257 e. The second-order valence-corrected chi connectivity index (χ2v) is 5.79. The standard InChI is InChI=1S/C12H18N2O4S/c1-4-14(19(3,16)17)10-5-7-11(8-6-10)18-9-12(15)13-2/h5-8H,4,9H2,1-3H3,(H,13,15). The fourth-order valence-electron chi connectivity index (χ4n) is 1.54. The Morgan fingerprint density at radius 3 is 2.32 bits per heavy atom. The highest BCUT2D eigenvalue weighted by molar-refractivity contribution is 7.92. The molecular formula is C12H18N2O4S. The van der Waals surface area contributed by atoms with E-state index < -0.39 is 10.0 Å². The number of benzene rings is 1. The SMILES string of the molecule is CCN(c1ccc(OCC(=O)NC)cc1)S(C)(=O)=O. The minimum Gasteiger partial charge on any atom is -0.484 e. The van der Waals surface area contributed by atoms with Crippen molar-refractivity contribution < 1.29 is 17.9 Å². The molecule has 0 spiro atoms. The molecule has 106 valence electrons. The average Bonchev–Trinajstić information content (AvgIpc) is 2.36. The molecule has 1 aromatic rings. The van der Waals surface area contributed by atoms with Gasteiger partial charge in [0.15, 0.2) is 6.61 Å². The van der Waals surface area contributed by atoms with Crippen LogP contribution in [0.4, 0.5) is 5.69 Å². The molecule has 0 aromatic heterocycles. The van der Waals surface area contributed by atoms with Crippen molar-refractivity contribution in [2.45, 2.75) is 6.92 Å². The Morgan fingerprint density at radius 2 is 1.89 bits per heavy atom. The number of anilines is 1. The Bertz CT molecular complexity index is 525. The topological polar surface area (TPSA) is 75.7 Å². The number of nitrogens with zero attached hydrogens (tertiary/aromatic N) is 1. The third-order valence-electron chi connectivity index (χ3n) is 2.46. The first-order valence-electron chi connectivity index (χ1n) is 5.79. The van der Waals surface area contributed by atoms with Gasteiger partial charge in [-0.1, -0.05) is 0 Å². The Labute approximate surface area is 113 Å². The number of likely N-dealkylation sites (N-methyl/N-ethyl adjacent to an activating group) is 1. The van der Waals surface area contributed by atoms with Crippen LogP contribution in [0.5, 0.6) is 5.75 Å². The molecule has 19 heavy (non-hydrogen) atoms. The van der Waals surface area contributed by atoms with E-state index in [4.69, 9.17) is 4.74 Å². The van der Waals surface area contributed by atoms with Gasteiger partial charge in [0.05, 0.1) is 11.9 Å². The van der Waals surface area contributed by atoms with Crippen molar-refractivity contribution in [2.75, 3.05) is 30.8 Å². The van der Waals surface area contributed by atoms with Crippen molar-refractivity contribution in [1.29, 1.82) is 0 Å². The summed E-state index contributed by atoms with van der Waals surface area (Å²) in [6, 6.07) is 6.55. The molecule has 1 aromatic carbocycles. The minimum atomic E-state index is -3.28. The van der Waals surface area contributed by atoms with Crippen LogP contribution in [0.3, 0.4) is 0 Å². The molecule has 0 bridgehead atoms. The van der Waals surface area contributed by atoms with Gasteiger partial charge in [-0.25, -0.2) is 8.42 Å². The maximum Gasteiger partial charge on any atom is 0.257 e. The van der Waals surface area contributed by atoms with E-state index >= 15 is 0 Å². The number of nitrogens with one attached hydrogen (secondary N) is 1. The molecule has 7 heteroatoms. The summed E-state index contributed by atoms with van der Waals surface area (Å²) in [6.45, 7) is 2.05. The van der Waals surface area contributed by atoms with Gasteiger partial charge < -0.3 is 10.1 Å². The molecule has 0 saturated carbocycles. The number of amides is 1. The Kier molecular flexibility index (Phi) is 5.17. The summed E-state index contributed by atoms with van der Waals surface area (Å²) >= 11 is 0. The number of sulfonamides is 1. The number of hydrogen-bond donors (Lipinski definition) is 1. The van der Waals surface area contributed by atoms with Crippen LogP contribution < -0.4 is 14.4 Å². The van der Waals surface area contributed by atoms with Gasteiger partial charge >= 0.3 is 0 Å². The van der Waals surface area contributed by atoms with Crippen LogP contribution in [-0.2, 0) is 14.8 Å². The van der Waals surface area contributed by atoms with E-state index in [1.165, 1.54) is 11.4 Å². The van der Waals surface area contributed by atoms with Gasteiger partial charge in [0.2, 0.25) is 10.0 Å². The number of ether oxygens (including phenoxy) is 1. The van der Waals surface area contributed by atoms with Crippen LogP contribution >= 0.6 is 0 Å². The first-order valence-corrected chi connectivity index (χ1v) is 7.64.